The van der Waals surface area contributed by atoms with Crippen molar-refractivity contribution in [1.82, 2.24) is 25.7 Å². The highest BCUT2D eigenvalue weighted by molar-refractivity contribution is 5.83. The van der Waals surface area contributed by atoms with Crippen LogP contribution in [-0.4, -0.2) is 34.6 Å². The molecule has 0 spiro atoms. The Labute approximate surface area is 152 Å². The summed E-state index contributed by atoms with van der Waals surface area (Å²) in [7, 11) is 0. The predicted molar refractivity (Wildman–Crippen MR) is 92.8 cm³/mol. The fraction of sp³-hybridized carbons (Fsp3) is 0.471. The standard InChI is InChI=1S/C17H20F3N5O2/c1-9-11(8-22-24-9)7-21-15(26)10(2)25-13-6-4-3-5-12(13)23-14(16(25)27)17(18,19)20/h3-6,9-11,22,24H,7-8H2,1-2H3,(H,21,26). The second kappa shape index (κ2) is 7.28. The summed E-state index contributed by atoms with van der Waals surface area (Å²) in [6.45, 7) is 4.36. The van der Waals surface area contributed by atoms with Crippen molar-refractivity contribution in [3.05, 3.63) is 40.3 Å². The molecule has 10 heteroatoms. The first-order valence-electron chi connectivity index (χ1n) is 8.54. The van der Waals surface area contributed by atoms with E-state index in [0.29, 0.717) is 13.1 Å². The molecule has 1 amide bonds. The highest BCUT2D eigenvalue weighted by atomic mass is 19.4. The van der Waals surface area contributed by atoms with Crippen molar-refractivity contribution in [1.29, 1.82) is 0 Å². The number of carbonyl (C=O) groups is 1. The number of halogens is 3. The van der Waals surface area contributed by atoms with E-state index in [0.717, 1.165) is 4.57 Å². The number of para-hydroxylation sites is 2. The normalized spacial score (nSPS) is 21.4. The highest BCUT2D eigenvalue weighted by Crippen LogP contribution is 2.27. The maximum absolute atomic E-state index is 13.2. The summed E-state index contributed by atoms with van der Waals surface area (Å²) < 4.78 is 40.5. The summed E-state index contributed by atoms with van der Waals surface area (Å²) in [6, 6.07) is 4.97. The molecular formula is C17H20F3N5O2. The van der Waals surface area contributed by atoms with Gasteiger partial charge in [-0.2, -0.15) is 13.2 Å². The zero-order valence-electron chi connectivity index (χ0n) is 14.8. The Hall–Kier alpha value is -2.46. The van der Waals surface area contributed by atoms with Crippen LogP contribution in [0.1, 0.15) is 25.6 Å². The van der Waals surface area contributed by atoms with Crippen LogP contribution < -0.4 is 21.7 Å². The molecule has 1 aliphatic heterocycles. The van der Waals surface area contributed by atoms with Crippen LogP contribution in [0.5, 0.6) is 0 Å². The number of nitrogens with one attached hydrogen (secondary N) is 3. The molecule has 0 aliphatic carbocycles. The van der Waals surface area contributed by atoms with Crippen LogP contribution in [0.15, 0.2) is 29.1 Å². The van der Waals surface area contributed by atoms with Gasteiger partial charge in [-0.1, -0.05) is 12.1 Å². The number of hydrogen-bond donors (Lipinski definition) is 3. The molecule has 0 radical (unpaired) electrons. The first-order valence-corrected chi connectivity index (χ1v) is 8.54. The molecule has 2 aromatic rings. The number of fused-ring (bicyclic) bond motifs is 1. The van der Waals surface area contributed by atoms with Gasteiger partial charge in [0.25, 0.3) is 5.56 Å². The molecule has 2 heterocycles. The van der Waals surface area contributed by atoms with Gasteiger partial charge < -0.3 is 5.32 Å². The second-order valence-electron chi connectivity index (χ2n) is 6.62. The zero-order valence-corrected chi connectivity index (χ0v) is 14.8. The van der Waals surface area contributed by atoms with Gasteiger partial charge in [0.05, 0.1) is 11.0 Å². The van der Waals surface area contributed by atoms with E-state index in [1.807, 2.05) is 6.92 Å². The van der Waals surface area contributed by atoms with Gasteiger partial charge in [0.15, 0.2) is 0 Å². The molecule has 3 N–H and O–H groups in total. The molecule has 0 bridgehead atoms. The lowest BCUT2D eigenvalue weighted by Crippen LogP contribution is -2.41. The highest BCUT2D eigenvalue weighted by Gasteiger charge is 2.38. The minimum absolute atomic E-state index is 0.00175. The Balaban J connectivity index is 1.95. The molecule has 146 valence electrons. The number of amides is 1. The quantitative estimate of drug-likeness (QED) is 0.739. The maximum Gasteiger partial charge on any atom is 0.438 e. The van der Waals surface area contributed by atoms with Gasteiger partial charge in [0.1, 0.15) is 6.04 Å². The van der Waals surface area contributed by atoms with Crippen LogP contribution in [0.2, 0.25) is 0 Å². The third-order valence-corrected chi connectivity index (χ3v) is 4.77. The van der Waals surface area contributed by atoms with Gasteiger partial charge in [-0.3, -0.25) is 25.0 Å². The third kappa shape index (κ3) is 3.81. The Morgan fingerprint density at radius 3 is 2.74 bits per heavy atom. The number of aromatic nitrogens is 2. The third-order valence-electron chi connectivity index (χ3n) is 4.77. The van der Waals surface area contributed by atoms with Crippen molar-refractivity contribution < 1.29 is 18.0 Å². The second-order valence-corrected chi connectivity index (χ2v) is 6.62. The molecule has 1 saturated heterocycles. The summed E-state index contributed by atoms with van der Waals surface area (Å²) in [5.74, 6) is -0.390. The van der Waals surface area contributed by atoms with Crippen molar-refractivity contribution >= 4 is 16.9 Å². The van der Waals surface area contributed by atoms with E-state index < -0.39 is 29.4 Å². The zero-order chi connectivity index (χ0) is 19.8. The molecule has 7 nitrogen and oxygen atoms in total. The van der Waals surface area contributed by atoms with Crippen LogP contribution in [0.25, 0.3) is 11.0 Å². The number of hydrogen-bond acceptors (Lipinski definition) is 5. The Morgan fingerprint density at radius 2 is 2.11 bits per heavy atom. The largest absolute Gasteiger partial charge is 0.438 e. The molecule has 3 atom stereocenters. The first-order chi connectivity index (χ1) is 12.7. The summed E-state index contributed by atoms with van der Waals surface area (Å²) in [4.78, 5) is 28.5. The van der Waals surface area contributed by atoms with Crippen molar-refractivity contribution in [3.63, 3.8) is 0 Å². The Bertz CT molecular complexity index is 912. The van der Waals surface area contributed by atoms with Crippen LogP contribution in [0, 0.1) is 5.92 Å². The van der Waals surface area contributed by atoms with Crippen LogP contribution in [0.3, 0.4) is 0 Å². The Morgan fingerprint density at radius 1 is 1.41 bits per heavy atom. The van der Waals surface area contributed by atoms with E-state index in [1.165, 1.54) is 25.1 Å². The van der Waals surface area contributed by atoms with Crippen molar-refractivity contribution in [2.75, 3.05) is 13.1 Å². The van der Waals surface area contributed by atoms with Crippen molar-refractivity contribution in [2.24, 2.45) is 5.92 Å². The lowest BCUT2D eigenvalue weighted by molar-refractivity contribution is -0.142. The number of rotatable bonds is 4. The van der Waals surface area contributed by atoms with Crippen LogP contribution in [-0.2, 0) is 11.0 Å². The lowest BCUT2D eigenvalue weighted by atomic mass is 10.0. The first kappa shape index (κ1) is 19.3. The minimum atomic E-state index is -4.91. The summed E-state index contributed by atoms with van der Waals surface area (Å²) >= 11 is 0. The monoisotopic (exact) mass is 383 g/mol. The van der Waals surface area contributed by atoms with Gasteiger partial charge >= 0.3 is 6.18 Å². The fourth-order valence-electron chi connectivity index (χ4n) is 3.11. The predicted octanol–water partition coefficient (Wildman–Crippen LogP) is 1.20. The van der Waals surface area contributed by atoms with E-state index >= 15 is 0 Å². The number of carbonyl (C=O) groups excluding carboxylic acids is 1. The van der Waals surface area contributed by atoms with E-state index in [1.54, 1.807) is 6.07 Å². The minimum Gasteiger partial charge on any atom is -0.354 e. The number of benzene rings is 1. The lowest BCUT2D eigenvalue weighted by Gasteiger charge is -2.21. The molecule has 0 saturated carbocycles. The average Bonchev–Trinajstić information content (AvgIpc) is 3.02. The van der Waals surface area contributed by atoms with E-state index in [2.05, 4.69) is 21.2 Å². The number of alkyl halides is 3. The van der Waals surface area contributed by atoms with Crippen molar-refractivity contribution in [3.8, 4) is 0 Å². The van der Waals surface area contributed by atoms with Crippen LogP contribution in [0.4, 0.5) is 13.2 Å². The molecule has 1 aromatic carbocycles. The Kier molecular flexibility index (Phi) is 5.20. The average molecular weight is 383 g/mol. The fourth-order valence-corrected chi connectivity index (χ4v) is 3.11. The number of nitrogens with zero attached hydrogens (tertiary/aromatic N) is 2. The maximum atomic E-state index is 13.2. The topological polar surface area (TPSA) is 88.0 Å². The molecule has 1 aliphatic rings. The summed E-state index contributed by atoms with van der Waals surface area (Å²) in [6.07, 6.45) is -4.91. The van der Waals surface area contributed by atoms with Gasteiger partial charge in [-0.25, -0.2) is 4.98 Å². The van der Waals surface area contributed by atoms with Gasteiger partial charge in [-0.15, -0.1) is 0 Å². The van der Waals surface area contributed by atoms with Crippen LogP contribution >= 0.6 is 0 Å². The van der Waals surface area contributed by atoms with Crippen molar-refractivity contribution in [2.45, 2.75) is 32.1 Å². The molecular weight excluding hydrogens is 363 g/mol. The molecule has 3 rings (SSSR count). The van der Waals surface area contributed by atoms with Gasteiger partial charge in [0.2, 0.25) is 11.6 Å². The molecule has 1 aromatic heterocycles. The summed E-state index contributed by atoms with van der Waals surface area (Å²) in [5.41, 5.74) is 3.31. The summed E-state index contributed by atoms with van der Waals surface area (Å²) in [5, 5.41) is 2.72. The molecule has 3 unspecified atom stereocenters. The smallest absolute Gasteiger partial charge is 0.354 e. The molecule has 1 fully saturated rings. The van der Waals surface area contributed by atoms with Gasteiger partial charge in [-0.05, 0) is 26.0 Å². The SMILES string of the molecule is CC1NNCC1CNC(=O)C(C)n1c(=O)c(C(F)(F)F)nc2ccccc21. The van der Waals surface area contributed by atoms with E-state index in [9.17, 15) is 22.8 Å². The van der Waals surface area contributed by atoms with E-state index in [-0.39, 0.29) is 23.0 Å². The number of hydrazine groups is 1. The molecule has 27 heavy (non-hydrogen) atoms. The van der Waals surface area contributed by atoms with E-state index in [4.69, 9.17) is 0 Å². The van der Waals surface area contributed by atoms with Gasteiger partial charge in [0, 0.05) is 25.0 Å².